The number of aryl methyl sites for hydroxylation is 4. The van der Waals surface area contributed by atoms with E-state index in [0.717, 1.165) is 199 Å². The van der Waals surface area contributed by atoms with Crippen LogP contribution in [0.25, 0.3) is 111 Å². The van der Waals surface area contributed by atoms with Gasteiger partial charge in [0.05, 0.1) is 68.6 Å². The van der Waals surface area contributed by atoms with Gasteiger partial charge in [0.25, 0.3) is 23.6 Å². The lowest BCUT2D eigenvalue weighted by Crippen LogP contribution is -2.46. The quantitative estimate of drug-likeness (QED) is 0.0300. The maximum Gasteiger partial charge on any atom is 0.253 e. The van der Waals surface area contributed by atoms with Crippen LogP contribution in [0.2, 0.25) is 10.0 Å². The maximum atomic E-state index is 13.0. The number of amides is 4. The van der Waals surface area contributed by atoms with Crippen LogP contribution < -0.4 is 46.7 Å². The molecule has 736 valence electrons. The van der Waals surface area contributed by atoms with E-state index in [4.69, 9.17) is 56.2 Å². The van der Waals surface area contributed by atoms with Gasteiger partial charge in [0, 0.05) is 214 Å². The molecule has 0 unspecified atom stereocenters. The third kappa shape index (κ3) is 20.8. The van der Waals surface area contributed by atoms with Crippen molar-refractivity contribution in [2.24, 2.45) is 15.2 Å². The first kappa shape index (κ1) is 96.8. The molecule has 22 rings (SSSR count). The van der Waals surface area contributed by atoms with Gasteiger partial charge in [0.2, 0.25) is 35.6 Å². The van der Waals surface area contributed by atoms with E-state index in [9.17, 15) is 19.2 Å². The van der Waals surface area contributed by atoms with Crippen LogP contribution in [0.1, 0.15) is 102 Å². The molecule has 2 fully saturated rings. The standard InChI is InChI=1S/C31H34N8O3.C25H23ClN8O.C25H23ClN6O2.C25H24N6O3/c1-18-15-21(30(40)39-11-9-32-10-12-39)4-5-24(18)36-31-37-28-27(29(38-31)35-22-7-13-41-14-8-22)23(17-33-28)20-3-6-25-26(16-20)42-19(2)34-25;1-27-22-21-17(14-4-6-15(7-5-14)19-10-11-29-33-19)13-28-23(21)32-25(31-22)30-20-9-8-16(12-18(20)26)24(35)34(2)3;1-13-9-15-6-5-14(11-20(15)28-13)17-12-27-22-21(17)23(34-4)31-25(30-22)29-19-8-7-16(10-18(19)26)24(33)32(2)3;1-13-10-16(24(32)31(3)4)7-8-18(13)28-25-29-22-21(23(30-25)33-5)17(12-26-22)15-6-9-19-20(11-15)34-14(2)27-19/h3-6,15-17,22,32H,7-14H2,1-2H3,(H3,33,35,36,37,38);4-9,11-13H,10H2,1-3H3,(H3,27,28,30,31,32);5-8,10-12H,9H2,1-4H3,(H2,27,29,30,31);6-12H,1-5H3,(H2,26,28,29,30). The highest BCUT2D eigenvalue weighted by Crippen LogP contribution is 2.44. The fraction of sp³-hybridized carbons (Fsp3) is 0.236. The van der Waals surface area contributed by atoms with Crippen LogP contribution in [0.3, 0.4) is 0 Å². The lowest BCUT2D eigenvalue weighted by Gasteiger charge is -2.27. The van der Waals surface area contributed by atoms with Gasteiger partial charge in [-0.1, -0.05) is 71.7 Å². The maximum absolute atomic E-state index is 13.0. The summed E-state index contributed by atoms with van der Waals surface area (Å²) in [6, 6.07) is 47.9. The number of hydrogen-bond donors (Lipinski definition) is 11. The number of carbonyl (C=O) groups excluding carboxylic acids is 4. The molecule has 4 aliphatic heterocycles. The molecule has 0 aliphatic carbocycles. The second kappa shape index (κ2) is 41.6. The number of nitrogens with zero attached hydrogens (tertiary/aromatic N) is 17. The monoisotopic (exact) mass is 1980 g/mol. The molecule has 39 heteroatoms. The second-order valence-electron chi connectivity index (χ2n) is 35.8. The number of nitrogens with one attached hydrogen (secondary N) is 11. The van der Waals surface area contributed by atoms with Crippen LogP contribution in [0.4, 0.5) is 63.9 Å². The molecule has 18 aromatic rings. The first-order valence-corrected chi connectivity index (χ1v) is 47.7. The zero-order valence-electron chi connectivity index (χ0n) is 82.0. The van der Waals surface area contributed by atoms with Crippen LogP contribution in [-0.4, -0.2) is 240 Å². The predicted octanol–water partition coefficient (Wildman–Crippen LogP) is 19.9. The molecular weight excluding hydrogens is 1880 g/mol. The smallest absolute Gasteiger partial charge is 0.253 e. The number of benzene rings is 8. The van der Waals surface area contributed by atoms with Crippen molar-refractivity contribution < 1.29 is 42.2 Å². The Morgan fingerprint density at radius 2 is 0.876 bits per heavy atom. The summed E-state index contributed by atoms with van der Waals surface area (Å²) in [5, 5.41) is 35.3. The molecular formula is C106H104Cl2N28O9. The number of aliphatic imine (C=N–C) groups is 1. The first-order chi connectivity index (χ1) is 70.1. The number of H-pyrrole nitrogens is 4. The number of rotatable bonds is 22. The van der Waals surface area contributed by atoms with E-state index in [2.05, 4.69) is 143 Å². The van der Waals surface area contributed by atoms with Crippen LogP contribution in [0.15, 0.2) is 200 Å². The highest BCUT2D eigenvalue weighted by atomic mass is 35.5. The second-order valence-corrected chi connectivity index (χ2v) is 36.6. The van der Waals surface area contributed by atoms with Crippen LogP contribution in [0, 0.1) is 27.7 Å². The number of aromatic nitrogens is 14. The summed E-state index contributed by atoms with van der Waals surface area (Å²) in [6.45, 7) is 14.2. The lowest BCUT2D eigenvalue weighted by atomic mass is 10.0. The number of fused-ring (bicyclic) bond motifs is 7. The molecule has 0 radical (unpaired) electrons. The van der Waals surface area contributed by atoms with E-state index < -0.39 is 0 Å². The minimum absolute atomic E-state index is 0.0495. The molecule has 8 aromatic carbocycles. The molecule has 10 aromatic heterocycles. The summed E-state index contributed by atoms with van der Waals surface area (Å²) >= 11 is 12.9. The highest BCUT2D eigenvalue weighted by Gasteiger charge is 2.28. The number of oxazole rings is 2. The van der Waals surface area contributed by atoms with Crippen molar-refractivity contribution in [2.75, 3.05) is 135 Å². The molecule has 4 aliphatic rings. The van der Waals surface area contributed by atoms with Gasteiger partial charge in [0.1, 0.15) is 45.3 Å². The molecule has 0 spiro atoms. The van der Waals surface area contributed by atoms with E-state index >= 15 is 0 Å². The van der Waals surface area contributed by atoms with Gasteiger partial charge < -0.3 is 99.8 Å². The molecule has 0 saturated carbocycles. The van der Waals surface area contributed by atoms with Crippen molar-refractivity contribution in [3.8, 4) is 56.3 Å². The fourth-order valence-electron chi connectivity index (χ4n) is 17.7. The Balaban J connectivity index is 0.000000123. The molecule has 0 atom stereocenters. The molecule has 0 bridgehead atoms. The Morgan fingerprint density at radius 3 is 1.35 bits per heavy atom. The largest absolute Gasteiger partial charge is 0.480 e. The SMILES string of the molecule is CNc1nc(Nc2ccc(C(=O)N(C)C)cc2Cl)nc2[nH]cc(-c3ccc(C4=NN=CC4)cc3)c12.COc1nc(Nc2ccc(C(=O)N(C)C)cc2C)nc2[nH]cc(-c3ccc4nc(C)oc4c3)c12.COc1nc(Nc2ccc(C(=O)N(C)C)cc2Cl)nc2[nH]cc(-c3ccc4c(c3)N=C(C)C4)c12.Cc1nc2ccc(-c3c[nH]c4nc(Nc5ccc(C(=O)N6CCNCC6)cc5C)nc(NC5CCOCC5)c34)cc2o1. The highest BCUT2D eigenvalue weighted by molar-refractivity contribution is 6.34. The number of piperazine rings is 1. The minimum Gasteiger partial charge on any atom is -0.480 e. The summed E-state index contributed by atoms with van der Waals surface area (Å²) in [4.78, 5) is 120. The fourth-order valence-corrected chi connectivity index (χ4v) is 18.2. The summed E-state index contributed by atoms with van der Waals surface area (Å²) in [5.74, 6) is 4.86. The summed E-state index contributed by atoms with van der Waals surface area (Å²) in [6.07, 6.45) is 12.9. The van der Waals surface area contributed by atoms with Gasteiger partial charge in [-0.25, -0.2) is 9.97 Å². The Bertz CT molecular complexity index is 8160. The van der Waals surface area contributed by atoms with Crippen LogP contribution >= 0.6 is 23.2 Å². The van der Waals surface area contributed by atoms with Crippen molar-refractivity contribution >= 4 is 195 Å². The summed E-state index contributed by atoms with van der Waals surface area (Å²) in [7, 11) is 15.2. The number of anilines is 10. The average molecular weight is 1990 g/mol. The first-order valence-electron chi connectivity index (χ1n) is 47.0. The van der Waals surface area contributed by atoms with E-state index in [-0.39, 0.29) is 29.7 Å². The van der Waals surface area contributed by atoms with Gasteiger partial charge in [0.15, 0.2) is 22.9 Å². The van der Waals surface area contributed by atoms with Crippen LogP contribution in [0.5, 0.6) is 11.8 Å². The van der Waals surface area contributed by atoms with E-state index in [0.29, 0.717) is 125 Å². The average Bonchev–Trinajstić information content (AvgIpc) is 1.71. The number of methoxy groups -OCH3 is 2. The Labute approximate surface area is 842 Å². The van der Waals surface area contributed by atoms with Crippen molar-refractivity contribution in [1.82, 2.24) is 94.7 Å². The topological polar surface area (TPSA) is 449 Å². The van der Waals surface area contributed by atoms with Crippen LogP contribution in [-0.2, 0) is 11.2 Å². The summed E-state index contributed by atoms with van der Waals surface area (Å²) < 4.78 is 28.3. The Hall–Kier alpha value is -17.0. The number of halogens is 2. The normalized spacial score (nSPS) is 13.3. The third-order valence-electron chi connectivity index (χ3n) is 25.1. The van der Waals surface area contributed by atoms with E-state index in [1.807, 2.05) is 150 Å². The van der Waals surface area contributed by atoms with Crippen molar-refractivity contribution in [3.05, 3.63) is 243 Å². The van der Waals surface area contributed by atoms with Gasteiger partial charge in [-0.15, -0.1) is 0 Å². The lowest BCUT2D eigenvalue weighted by molar-refractivity contribution is 0.0734. The molecule has 37 nitrogen and oxygen atoms in total. The van der Waals surface area contributed by atoms with Gasteiger partial charge in [-0.05, 0) is 181 Å². The summed E-state index contributed by atoms with van der Waals surface area (Å²) in [5.41, 5.74) is 25.9. The van der Waals surface area contributed by atoms with Gasteiger partial charge in [-0.3, -0.25) is 24.2 Å². The van der Waals surface area contributed by atoms with E-state index in [1.54, 1.807) is 110 Å². The van der Waals surface area contributed by atoms with Crippen molar-refractivity contribution in [3.63, 3.8) is 0 Å². The molecule has 11 N–H and O–H groups in total. The van der Waals surface area contributed by atoms with E-state index in [1.165, 1.54) is 15.4 Å². The van der Waals surface area contributed by atoms with Gasteiger partial charge >= 0.3 is 0 Å². The van der Waals surface area contributed by atoms with Crippen molar-refractivity contribution in [1.29, 1.82) is 0 Å². The molecule has 2 saturated heterocycles. The Kier molecular flexibility index (Phi) is 27.8. The molecule has 145 heavy (non-hydrogen) atoms. The third-order valence-corrected chi connectivity index (χ3v) is 25.7. The number of ether oxygens (including phenoxy) is 3. The zero-order chi connectivity index (χ0) is 101. The molecule has 4 amide bonds. The Morgan fingerprint density at radius 1 is 0.455 bits per heavy atom. The number of carbonyl (C=O) groups is 4. The minimum atomic E-state index is -0.126. The number of hydrogen-bond acceptors (Lipinski definition) is 29. The van der Waals surface area contributed by atoms with Crippen molar-refractivity contribution in [2.45, 2.75) is 66.3 Å². The van der Waals surface area contributed by atoms with Gasteiger partial charge in [-0.2, -0.15) is 50.1 Å². The molecule has 14 heterocycles. The predicted molar refractivity (Wildman–Crippen MR) is 569 cm³/mol. The zero-order valence-corrected chi connectivity index (χ0v) is 83.5. The number of aromatic amines is 4.